The van der Waals surface area contributed by atoms with Crippen LogP contribution in [-0.2, 0) is 13.0 Å². The molecule has 1 aliphatic carbocycles. The Hall–Kier alpha value is -3.02. The highest BCUT2D eigenvalue weighted by Crippen LogP contribution is 2.34. The third kappa shape index (κ3) is 2.58. The number of rotatable bonds is 3. The minimum atomic E-state index is -0.469. The van der Waals surface area contributed by atoms with Crippen molar-refractivity contribution in [1.29, 1.82) is 0 Å². The molecule has 1 atom stereocenters. The minimum Gasteiger partial charge on any atom is -0.294 e. The molecule has 4 rings (SSSR count). The summed E-state index contributed by atoms with van der Waals surface area (Å²) in [5, 5.41) is 0.365. The quantitative estimate of drug-likeness (QED) is 0.787. The van der Waals surface area contributed by atoms with E-state index in [1.54, 1.807) is 0 Å². The number of benzene rings is 1. The number of aromatic amines is 1. The Labute approximate surface area is 149 Å². The van der Waals surface area contributed by atoms with Crippen LogP contribution in [0.5, 0.6) is 0 Å². The number of nitrogens with one attached hydrogen (secondary N) is 1. The zero-order valence-electron chi connectivity index (χ0n) is 14.5. The molecule has 2 aromatic heterocycles. The summed E-state index contributed by atoms with van der Waals surface area (Å²) in [6.07, 6.45) is 3.24. The SMILES string of the molecule is CCCn1c(=O)[nH]c(=O)c2c3c(cnc21)C(=O)C[C@H](c1ccccc1)C3. The Morgan fingerprint density at radius 3 is 2.65 bits per heavy atom. The van der Waals surface area contributed by atoms with Gasteiger partial charge in [-0.2, -0.15) is 0 Å². The van der Waals surface area contributed by atoms with Crippen molar-refractivity contribution in [1.82, 2.24) is 14.5 Å². The fraction of sp³-hybridized carbons (Fsp3) is 0.300. The van der Waals surface area contributed by atoms with Crippen LogP contribution in [0.15, 0.2) is 46.1 Å². The molecule has 0 saturated heterocycles. The molecule has 1 aromatic carbocycles. The summed E-state index contributed by atoms with van der Waals surface area (Å²) in [4.78, 5) is 44.1. The fourth-order valence-corrected chi connectivity index (χ4v) is 3.80. The smallest absolute Gasteiger partial charge is 0.294 e. The van der Waals surface area contributed by atoms with Crippen LogP contribution in [0.2, 0.25) is 0 Å². The van der Waals surface area contributed by atoms with E-state index in [1.165, 1.54) is 10.8 Å². The molecule has 3 aromatic rings. The highest BCUT2D eigenvalue weighted by molar-refractivity contribution is 6.02. The topological polar surface area (TPSA) is 84.8 Å². The number of carbonyl (C=O) groups is 1. The van der Waals surface area contributed by atoms with Crippen molar-refractivity contribution in [3.63, 3.8) is 0 Å². The summed E-state index contributed by atoms with van der Waals surface area (Å²) in [6, 6.07) is 9.85. The maximum Gasteiger partial charge on any atom is 0.329 e. The zero-order valence-corrected chi connectivity index (χ0v) is 14.5. The van der Waals surface area contributed by atoms with E-state index in [4.69, 9.17) is 0 Å². The van der Waals surface area contributed by atoms with Gasteiger partial charge >= 0.3 is 5.69 Å². The van der Waals surface area contributed by atoms with Gasteiger partial charge in [0.25, 0.3) is 5.56 Å². The number of hydrogen-bond acceptors (Lipinski definition) is 4. The number of aryl methyl sites for hydroxylation is 1. The Kier molecular flexibility index (Phi) is 4.03. The summed E-state index contributed by atoms with van der Waals surface area (Å²) >= 11 is 0. The largest absolute Gasteiger partial charge is 0.329 e. The first-order chi connectivity index (χ1) is 12.6. The highest BCUT2D eigenvalue weighted by atomic mass is 16.2. The molecule has 0 saturated carbocycles. The van der Waals surface area contributed by atoms with Gasteiger partial charge in [-0.1, -0.05) is 37.3 Å². The first kappa shape index (κ1) is 16.4. The van der Waals surface area contributed by atoms with Gasteiger partial charge in [-0.05, 0) is 29.9 Å². The molecule has 0 radical (unpaired) electrons. The van der Waals surface area contributed by atoms with E-state index in [0.717, 1.165) is 12.0 Å². The molecule has 132 valence electrons. The molecule has 0 spiro atoms. The molecule has 0 amide bonds. The van der Waals surface area contributed by atoms with E-state index < -0.39 is 11.2 Å². The second-order valence-corrected chi connectivity index (χ2v) is 6.70. The molecule has 0 unspecified atom stereocenters. The Morgan fingerprint density at radius 2 is 1.92 bits per heavy atom. The molecular formula is C20H19N3O3. The van der Waals surface area contributed by atoms with Crippen LogP contribution in [0.1, 0.15) is 47.2 Å². The molecule has 6 heteroatoms. The second-order valence-electron chi connectivity index (χ2n) is 6.70. The first-order valence-electron chi connectivity index (χ1n) is 8.83. The molecular weight excluding hydrogens is 330 g/mol. The molecule has 26 heavy (non-hydrogen) atoms. The predicted molar refractivity (Wildman–Crippen MR) is 98.7 cm³/mol. The number of carbonyl (C=O) groups excluding carboxylic acids is 1. The number of ketones is 1. The van der Waals surface area contributed by atoms with Crippen LogP contribution in [-0.4, -0.2) is 20.3 Å². The summed E-state index contributed by atoms with van der Waals surface area (Å²) < 4.78 is 1.48. The van der Waals surface area contributed by atoms with Crippen LogP contribution in [0, 0.1) is 0 Å². The van der Waals surface area contributed by atoms with Crippen LogP contribution in [0.3, 0.4) is 0 Å². The molecule has 0 bridgehead atoms. The lowest BCUT2D eigenvalue weighted by atomic mass is 9.79. The average Bonchev–Trinajstić information content (AvgIpc) is 2.65. The van der Waals surface area contributed by atoms with Crippen molar-refractivity contribution in [2.45, 2.75) is 38.6 Å². The van der Waals surface area contributed by atoms with Crippen molar-refractivity contribution in [2.24, 2.45) is 0 Å². The zero-order chi connectivity index (χ0) is 18.3. The van der Waals surface area contributed by atoms with Crippen LogP contribution in [0.4, 0.5) is 0 Å². The minimum absolute atomic E-state index is 0.0119. The third-order valence-electron chi connectivity index (χ3n) is 5.02. The lowest BCUT2D eigenvalue weighted by Gasteiger charge is -2.25. The molecule has 6 nitrogen and oxygen atoms in total. The monoisotopic (exact) mass is 349 g/mol. The van der Waals surface area contributed by atoms with Crippen molar-refractivity contribution in [3.05, 3.63) is 74.1 Å². The number of hydrogen-bond donors (Lipinski definition) is 1. The van der Waals surface area contributed by atoms with E-state index >= 15 is 0 Å². The van der Waals surface area contributed by atoms with Gasteiger partial charge in [-0.3, -0.25) is 19.1 Å². The van der Waals surface area contributed by atoms with Gasteiger partial charge in [0.1, 0.15) is 5.65 Å². The third-order valence-corrected chi connectivity index (χ3v) is 5.02. The lowest BCUT2D eigenvalue weighted by molar-refractivity contribution is 0.0964. The van der Waals surface area contributed by atoms with Crippen molar-refractivity contribution in [3.8, 4) is 0 Å². The van der Waals surface area contributed by atoms with Crippen molar-refractivity contribution in [2.75, 3.05) is 0 Å². The van der Waals surface area contributed by atoms with Crippen LogP contribution in [0.25, 0.3) is 11.0 Å². The van der Waals surface area contributed by atoms with Gasteiger partial charge in [0.2, 0.25) is 0 Å². The normalized spacial score (nSPS) is 16.7. The summed E-state index contributed by atoms with van der Waals surface area (Å²) in [5.74, 6) is 0.00916. The molecule has 1 aliphatic rings. The summed E-state index contributed by atoms with van der Waals surface area (Å²) in [5.41, 5.74) is 1.71. The number of H-pyrrole nitrogens is 1. The van der Waals surface area contributed by atoms with E-state index in [2.05, 4.69) is 9.97 Å². The van der Waals surface area contributed by atoms with Crippen molar-refractivity contribution >= 4 is 16.8 Å². The summed E-state index contributed by atoms with van der Waals surface area (Å²) in [7, 11) is 0. The highest BCUT2D eigenvalue weighted by Gasteiger charge is 2.29. The van der Waals surface area contributed by atoms with E-state index in [0.29, 0.717) is 41.5 Å². The van der Waals surface area contributed by atoms with Gasteiger partial charge in [0.05, 0.1) is 5.39 Å². The maximum absolute atomic E-state index is 12.7. The van der Waals surface area contributed by atoms with E-state index in [9.17, 15) is 14.4 Å². The summed E-state index contributed by atoms with van der Waals surface area (Å²) in [6.45, 7) is 2.42. The number of fused-ring (bicyclic) bond motifs is 3. The fourth-order valence-electron chi connectivity index (χ4n) is 3.80. The number of Topliss-reactive ketones (excluding diaryl/α,β-unsaturated/α-hetero) is 1. The molecule has 2 heterocycles. The second kappa shape index (κ2) is 6.37. The van der Waals surface area contributed by atoms with E-state index in [1.807, 2.05) is 37.3 Å². The Morgan fingerprint density at radius 1 is 1.15 bits per heavy atom. The lowest BCUT2D eigenvalue weighted by Crippen LogP contribution is -2.33. The first-order valence-corrected chi connectivity index (χ1v) is 8.83. The number of nitrogens with zero attached hydrogens (tertiary/aromatic N) is 2. The molecule has 0 aliphatic heterocycles. The van der Waals surface area contributed by atoms with E-state index in [-0.39, 0.29) is 11.7 Å². The number of aromatic nitrogens is 3. The van der Waals surface area contributed by atoms with Gasteiger partial charge in [-0.15, -0.1) is 0 Å². The van der Waals surface area contributed by atoms with Gasteiger partial charge in [0, 0.05) is 24.7 Å². The Bertz CT molecular complexity index is 1110. The maximum atomic E-state index is 12.7. The Balaban J connectivity index is 1.96. The van der Waals surface area contributed by atoms with Crippen LogP contribution < -0.4 is 11.2 Å². The predicted octanol–water partition coefficient (Wildman–Crippen LogP) is 2.41. The molecule has 1 N–H and O–H groups in total. The average molecular weight is 349 g/mol. The van der Waals surface area contributed by atoms with Gasteiger partial charge in [0.15, 0.2) is 5.78 Å². The molecule has 0 fully saturated rings. The number of pyridine rings is 1. The van der Waals surface area contributed by atoms with Crippen molar-refractivity contribution < 1.29 is 4.79 Å². The van der Waals surface area contributed by atoms with Gasteiger partial charge < -0.3 is 0 Å². The van der Waals surface area contributed by atoms with Crippen LogP contribution >= 0.6 is 0 Å². The van der Waals surface area contributed by atoms with Gasteiger partial charge in [-0.25, -0.2) is 9.78 Å². The standard InChI is InChI=1S/C20H19N3O3/c1-2-8-23-18-17(19(25)22-20(23)26)14-9-13(12-6-4-3-5-7-12)10-16(24)15(14)11-21-18/h3-7,11,13H,2,8-10H2,1H3,(H,22,25,26)/t13-/m1/s1.